The molecule has 3 rings (SSSR count). The van der Waals surface area contributed by atoms with E-state index in [2.05, 4.69) is 10.3 Å². The van der Waals surface area contributed by atoms with Crippen LogP contribution in [0.25, 0.3) is 11.0 Å². The second-order valence-electron chi connectivity index (χ2n) is 4.25. The highest BCUT2D eigenvalue weighted by Crippen LogP contribution is 2.29. The first-order valence-corrected chi connectivity index (χ1v) is 5.94. The van der Waals surface area contributed by atoms with E-state index in [1.54, 1.807) is 31.6 Å². The molecule has 19 heavy (non-hydrogen) atoms. The number of aromatic nitrogens is 1. The fourth-order valence-electron chi connectivity index (χ4n) is 2.02. The second kappa shape index (κ2) is 4.57. The number of ketones is 1. The normalized spacial score (nSPS) is 10.6. The molecule has 0 unspecified atom stereocenters. The molecule has 4 heteroatoms. The van der Waals surface area contributed by atoms with Crippen LogP contribution in [0.2, 0.25) is 0 Å². The van der Waals surface area contributed by atoms with E-state index in [1.807, 2.05) is 24.3 Å². The lowest BCUT2D eigenvalue weighted by molar-refractivity contribution is 0.101. The Morgan fingerprint density at radius 2 is 2.05 bits per heavy atom. The molecule has 0 saturated heterocycles. The van der Waals surface area contributed by atoms with Gasteiger partial charge in [0.25, 0.3) is 0 Å². The highest BCUT2D eigenvalue weighted by molar-refractivity contribution is 6.01. The van der Waals surface area contributed by atoms with Crippen LogP contribution >= 0.6 is 0 Å². The number of rotatable bonds is 3. The number of fused-ring (bicyclic) bond motifs is 1. The maximum Gasteiger partial charge on any atom is 0.161 e. The van der Waals surface area contributed by atoms with Gasteiger partial charge in [-0.3, -0.25) is 9.78 Å². The standard InChI is InChI=1S/C15H12N2O2/c1-10(18)11-4-2-3-5-13(11)17-14-9-19-15-8-16-7-6-12(14)15/h2-9,17H,1H3. The molecule has 1 N–H and O–H groups in total. The van der Waals surface area contributed by atoms with Crippen molar-refractivity contribution >= 4 is 28.1 Å². The third-order valence-corrected chi connectivity index (χ3v) is 2.95. The van der Waals surface area contributed by atoms with Crippen LogP contribution < -0.4 is 5.32 Å². The van der Waals surface area contributed by atoms with Crippen molar-refractivity contribution in [3.05, 3.63) is 54.6 Å². The molecule has 1 aromatic carbocycles. The molecule has 0 spiro atoms. The number of hydrogen-bond acceptors (Lipinski definition) is 4. The fraction of sp³-hybridized carbons (Fsp3) is 0.0667. The van der Waals surface area contributed by atoms with Gasteiger partial charge in [0.1, 0.15) is 6.26 Å². The van der Waals surface area contributed by atoms with Gasteiger partial charge in [0.2, 0.25) is 0 Å². The zero-order valence-corrected chi connectivity index (χ0v) is 10.4. The molecule has 0 radical (unpaired) electrons. The van der Waals surface area contributed by atoms with Crippen molar-refractivity contribution < 1.29 is 9.21 Å². The van der Waals surface area contributed by atoms with E-state index in [-0.39, 0.29) is 5.78 Å². The third kappa shape index (κ3) is 2.08. The van der Waals surface area contributed by atoms with Crippen LogP contribution in [0.5, 0.6) is 0 Å². The summed E-state index contributed by atoms with van der Waals surface area (Å²) in [6, 6.07) is 9.28. The van der Waals surface area contributed by atoms with Gasteiger partial charge >= 0.3 is 0 Å². The highest BCUT2D eigenvalue weighted by Gasteiger charge is 2.10. The topological polar surface area (TPSA) is 55.1 Å². The molecule has 0 bridgehead atoms. The number of carbonyl (C=O) groups is 1. The number of hydrogen-bond donors (Lipinski definition) is 1. The predicted molar refractivity (Wildman–Crippen MR) is 73.7 cm³/mol. The first-order chi connectivity index (χ1) is 9.25. The zero-order valence-electron chi connectivity index (χ0n) is 10.4. The minimum atomic E-state index is 0.0255. The van der Waals surface area contributed by atoms with E-state index in [0.717, 1.165) is 16.8 Å². The molecular weight excluding hydrogens is 240 g/mol. The summed E-state index contributed by atoms with van der Waals surface area (Å²) in [5, 5.41) is 4.17. The quantitative estimate of drug-likeness (QED) is 0.721. The van der Waals surface area contributed by atoms with Gasteiger partial charge < -0.3 is 9.73 Å². The molecule has 4 nitrogen and oxygen atoms in total. The molecular formula is C15H12N2O2. The smallest absolute Gasteiger partial charge is 0.161 e. The van der Waals surface area contributed by atoms with E-state index < -0.39 is 0 Å². The maximum atomic E-state index is 11.6. The van der Waals surface area contributed by atoms with Crippen molar-refractivity contribution in [2.75, 3.05) is 5.32 Å². The number of furan rings is 1. The molecule has 2 heterocycles. The molecule has 0 aliphatic heterocycles. The molecule has 2 aromatic heterocycles. The predicted octanol–water partition coefficient (Wildman–Crippen LogP) is 3.77. The van der Waals surface area contributed by atoms with E-state index >= 15 is 0 Å². The summed E-state index contributed by atoms with van der Waals surface area (Å²) in [6.45, 7) is 1.55. The van der Waals surface area contributed by atoms with Crippen molar-refractivity contribution in [2.24, 2.45) is 0 Å². The minimum absolute atomic E-state index is 0.0255. The highest BCUT2D eigenvalue weighted by atomic mass is 16.3. The lowest BCUT2D eigenvalue weighted by Gasteiger charge is -2.08. The van der Waals surface area contributed by atoms with Gasteiger partial charge in [-0.1, -0.05) is 12.1 Å². The largest absolute Gasteiger partial charge is 0.460 e. The van der Waals surface area contributed by atoms with Crippen molar-refractivity contribution in [3.63, 3.8) is 0 Å². The maximum absolute atomic E-state index is 11.6. The van der Waals surface area contributed by atoms with Crippen LogP contribution in [0.3, 0.4) is 0 Å². The van der Waals surface area contributed by atoms with Gasteiger partial charge in [0.15, 0.2) is 11.4 Å². The second-order valence-corrected chi connectivity index (χ2v) is 4.25. The molecule has 0 atom stereocenters. The van der Waals surface area contributed by atoms with E-state index in [0.29, 0.717) is 11.1 Å². The third-order valence-electron chi connectivity index (χ3n) is 2.95. The summed E-state index contributed by atoms with van der Waals surface area (Å²) in [6.07, 6.45) is 5.00. The lowest BCUT2D eigenvalue weighted by atomic mass is 10.1. The van der Waals surface area contributed by atoms with Crippen LogP contribution in [0, 0.1) is 0 Å². The Morgan fingerprint density at radius 3 is 2.89 bits per heavy atom. The number of anilines is 2. The molecule has 0 aliphatic carbocycles. The van der Waals surface area contributed by atoms with Gasteiger partial charge in [-0.2, -0.15) is 0 Å². The summed E-state index contributed by atoms with van der Waals surface area (Å²) in [5.74, 6) is 0.0255. The number of Topliss-reactive ketones (excluding diaryl/α,β-unsaturated/α-hetero) is 1. The number of para-hydroxylation sites is 1. The first-order valence-electron chi connectivity index (χ1n) is 5.94. The van der Waals surface area contributed by atoms with Crippen molar-refractivity contribution in [1.29, 1.82) is 0 Å². The lowest BCUT2D eigenvalue weighted by Crippen LogP contribution is -1.99. The first kappa shape index (κ1) is 11.5. The number of carbonyl (C=O) groups excluding carboxylic acids is 1. The number of pyridine rings is 1. The van der Waals surface area contributed by atoms with Gasteiger partial charge in [0, 0.05) is 22.8 Å². The Kier molecular flexibility index (Phi) is 2.76. The fourth-order valence-corrected chi connectivity index (χ4v) is 2.02. The summed E-state index contributed by atoms with van der Waals surface area (Å²) < 4.78 is 5.41. The molecule has 3 aromatic rings. The molecule has 94 valence electrons. The molecule has 0 saturated carbocycles. The Labute approximate surface area is 110 Å². The van der Waals surface area contributed by atoms with Gasteiger partial charge in [-0.05, 0) is 25.1 Å². The molecule has 0 fully saturated rings. The minimum Gasteiger partial charge on any atom is -0.460 e. The monoisotopic (exact) mass is 252 g/mol. The van der Waals surface area contributed by atoms with E-state index in [1.165, 1.54) is 0 Å². The van der Waals surface area contributed by atoms with Crippen LogP contribution in [0.1, 0.15) is 17.3 Å². The average Bonchev–Trinajstić information content (AvgIpc) is 2.83. The van der Waals surface area contributed by atoms with Crippen LogP contribution in [-0.4, -0.2) is 10.8 Å². The summed E-state index contributed by atoms with van der Waals surface area (Å²) >= 11 is 0. The van der Waals surface area contributed by atoms with Gasteiger partial charge in [-0.25, -0.2) is 0 Å². The van der Waals surface area contributed by atoms with Crippen LogP contribution in [0.15, 0.2) is 53.4 Å². The Bertz CT molecular complexity index is 746. The SMILES string of the molecule is CC(=O)c1ccccc1Nc1coc2cnccc12. The van der Waals surface area contributed by atoms with Crippen molar-refractivity contribution in [2.45, 2.75) is 6.92 Å². The van der Waals surface area contributed by atoms with Crippen LogP contribution in [0.4, 0.5) is 11.4 Å². The summed E-state index contributed by atoms with van der Waals surface area (Å²) in [7, 11) is 0. The molecule has 0 aliphatic rings. The summed E-state index contributed by atoms with van der Waals surface area (Å²) in [4.78, 5) is 15.6. The summed E-state index contributed by atoms with van der Waals surface area (Å²) in [5.41, 5.74) is 2.97. The Hall–Kier alpha value is -2.62. The Morgan fingerprint density at radius 1 is 1.21 bits per heavy atom. The van der Waals surface area contributed by atoms with Crippen LogP contribution in [-0.2, 0) is 0 Å². The number of benzene rings is 1. The van der Waals surface area contributed by atoms with Gasteiger partial charge in [0.05, 0.1) is 11.9 Å². The number of nitrogens with zero attached hydrogens (tertiary/aromatic N) is 1. The molecule has 0 amide bonds. The average molecular weight is 252 g/mol. The van der Waals surface area contributed by atoms with E-state index in [9.17, 15) is 4.79 Å². The van der Waals surface area contributed by atoms with Crippen molar-refractivity contribution in [3.8, 4) is 0 Å². The van der Waals surface area contributed by atoms with E-state index in [4.69, 9.17) is 4.42 Å². The van der Waals surface area contributed by atoms with Gasteiger partial charge in [-0.15, -0.1) is 0 Å². The Balaban J connectivity index is 2.04. The van der Waals surface area contributed by atoms with Crippen molar-refractivity contribution in [1.82, 2.24) is 4.98 Å². The zero-order chi connectivity index (χ0) is 13.2. The number of nitrogens with one attached hydrogen (secondary N) is 1.